The molecule has 0 saturated carbocycles. The van der Waals surface area contributed by atoms with Crippen molar-refractivity contribution in [3.05, 3.63) is 31.4 Å². The van der Waals surface area contributed by atoms with E-state index in [1.807, 2.05) is 22.6 Å². The highest BCUT2D eigenvalue weighted by Gasteiger charge is 2.22. The molecule has 0 heterocycles. The lowest BCUT2D eigenvalue weighted by atomic mass is 10.1. The van der Waals surface area contributed by atoms with Gasteiger partial charge in [-0.3, -0.25) is 14.9 Å². The van der Waals surface area contributed by atoms with Crippen molar-refractivity contribution in [1.82, 2.24) is 0 Å². The van der Waals surface area contributed by atoms with E-state index in [1.54, 1.807) is 0 Å². The molecule has 7 heteroatoms. The molecular weight excluding hydrogens is 393 g/mol. The van der Waals surface area contributed by atoms with E-state index in [0.29, 0.717) is 9.32 Å². The molecule has 0 N–H and O–H groups in total. The zero-order valence-corrected chi connectivity index (χ0v) is 11.9. The molecule has 0 spiro atoms. The number of carbonyl (C=O) groups is 1. The normalized spacial score (nSPS) is 9.94. The Labute approximate surface area is 114 Å². The van der Waals surface area contributed by atoms with Crippen molar-refractivity contribution in [3.8, 4) is 5.75 Å². The van der Waals surface area contributed by atoms with Crippen molar-refractivity contribution in [3.63, 3.8) is 0 Å². The number of hydrogen-bond donors (Lipinski definition) is 0. The fourth-order valence-electron chi connectivity index (χ4n) is 1.15. The smallest absolute Gasteiger partial charge is 0.283 e. The predicted octanol–water partition coefficient (Wildman–Crippen LogP) is 2.79. The Morgan fingerprint density at radius 1 is 1.62 bits per heavy atom. The zero-order chi connectivity index (χ0) is 12.3. The fourth-order valence-corrected chi connectivity index (χ4v) is 2.13. The third-order valence-corrected chi connectivity index (χ3v) is 3.24. The maximum absolute atomic E-state index is 11.5. The van der Waals surface area contributed by atoms with Crippen LogP contribution in [0.3, 0.4) is 0 Å². The van der Waals surface area contributed by atoms with Gasteiger partial charge >= 0.3 is 0 Å². The number of rotatable bonds is 4. The SMILES string of the molecule is COc1cc([N+](=O)[O-])c(C(=O)CBr)cc1I. The molecule has 1 aromatic carbocycles. The Hall–Kier alpha value is -0.700. The number of Topliss-reactive ketones (excluding diaryl/α,β-unsaturated/α-hetero) is 1. The van der Waals surface area contributed by atoms with Gasteiger partial charge in [0, 0.05) is 0 Å². The first-order valence-electron chi connectivity index (χ1n) is 4.12. The van der Waals surface area contributed by atoms with E-state index in [-0.39, 0.29) is 22.4 Å². The van der Waals surface area contributed by atoms with E-state index < -0.39 is 4.92 Å². The second-order valence-electron chi connectivity index (χ2n) is 2.82. The van der Waals surface area contributed by atoms with Crippen LogP contribution in [-0.2, 0) is 0 Å². The van der Waals surface area contributed by atoms with Gasteiger partial charge in [0.1, 0.15) is 5.75 Å². The summed E-state index contributed by atoms with van der Waals surface area (Å²) in [4.78, 5) is 21.7. The minimum absolute atomic E-state index is 0.0518. The summed E-state index contributed by atoms with van der Waals surface area (Å²) in [6.07, 6.45) is 0. The first kappa shape index (κ1) is 13.4. The quantitative estimate of drug-likeness (QED) is 0.256. The van der Waals surface area contributed by atoms with Gasteiger partial charge in [-0.1, -0.05) is 15.9 Å². The van der Waals surface area contributed by atoms with Crippen LogP contribution in [0.15, 0.2) is 12.1 Å². The number of benzene rings is 1. The molecule has 0 aliphatic rings. The number of methoxy groups -OCH3 is 1. The number of ether oxygens (including phenoxy) is 1. The summed E-state index contributed by atoms with van der Waals surface area (Å²) in [7, 11) is 1.42. The molecule has 0 radical (unpaired) electrons. The maximum Gasteiger partial charge on any atom is 0.283 e. The van der Waals surface area contributed by atoms with Crippen molar-refractivity contribution >= 4 is 50.0 Å². The Bertz CT molecular complexity index is 449. The Morgan fingerprint density at radius 2 is 2.25 bits per heavy atom. The molecule has 1 aromatic rings. The number of nitrogens with zero attached hydrogens (tertiary/aromatic N) is 1. The summed E-state index contributed by atoms with van der Waals surface area (Å²) in [6.45, 7) is 0. The third-order valence-electron chi connectivity index (χ3n) is 1.89. The predicted molar refractivity (Wildman–Crippen MR) is 70.5 cm³/mol. The molecule has 0 saturated heterocycles. The number of halogens is 2. The summed E-state index contributed by atoms with van der Waals surface area (Å²) >= 11 is 4.95. The van der Waals surface area contributed by atoms with Gasteiger partial charge < -0.3 is 4.74 Å². The van der Waals surface area contributed by atoms with Crippen molar-refractivity contribution in [2.45, 2.75) is 0 Å². The molecule has 0 atom stereocenters. The third kappa shape index (κ3) is 2.70. The van der Waals surface area contributed by atoms with Crippen LogP contribution in [-0.4, -0.2) is 23.1 Å². The van der Waals surface area contributed by atoms with Crippen LogP contribution in [0, 0.1) is 13.7 Å². The Kier molecular flexibility index (Phi) is 4.66. The Morgan fingerprint density at radius 3 is 2.69 bits per heavy atom. The van der Waals surface area contributed by atoms with Crippen LogP contribution < -0.4 is 4.74 Å². The van der Waals surface area contributed by atoms with Crippen LogP contribution >= 0.6 is 38.5 Å². The van der Waals surface area contributed by atoms with Gasteiger partial charge in [0.2, 0.25) is 0 Å². The molecule has 1 rings (SSSR count). The zero-order valence-electron chi connectivity index (χ0n) is 8.20. The minimum Gasteiger partial charge on any atom is -0.495 e. The largest absolute Gasteiger partial charge is 0.495 e. The molecular formula is C9H7BrINO4. The number of nitro benzene ring substituents is 1. The van der Waals surface area contributed by atoms with Crippen LogP contribution in [0.2, 0.25) is 0 Å². The van der Waals surface area contributed by atoms with Gasteiger partial charge in [-0.15, -0.1) is 0 Å². The minimum atomic E-state index is -0.589. The molecule has 0 aliphatic heterocycles. The molecule has 0 bridgehead atoms. The number of hydrogen-bond acceptors (Lipinski definition) is 4. The van der Waals surface area contributed by atoms with E-state index in [0.717, 1.165) is 0 Å². The van der Waals surface area contributed by atoms with Crippen molar-refractivity contribution in [2.75, 3.05) is 12.4 Å². The first-order valence-corrected chi connectivity index (χ1v) is 6.32. The van der Waals surface area contributed by atoms with E-state index in [2.05, 4.69) is 15.9 Å². The van der Waals surface area contributed by atoms with Crippen LogP contribution in [0.5, 0.6) is 5.75 Å². The second-order valence-corrected chi connectivity index (χ2v) is 4.54. The van der Waals surface area contributed by atoms with Crippen LogP contribution in [0.4, 0.5) is 5.69 Å². The van der Waals surface area contributed by atoms with Crippen LogP contribution in [0.25, 0.3) is 0 Å². The van der Waals surface area contributed by atoms with E-state index in [1.165, 1.54) is 19.2 Å². The van der Waals surface area contributed by atoms with Gasteiger partial charge in [-0.25, -0.2) is 0 Å². The highest BCUT2D eigenvalue weighted by molar-refractivity contribution is 14.1. The average Bonchev–Trinajstić information content (AvgIpc) is 2.27. The number of nitro groups is 1. The first-order chi connectivity index (χ1) is 7.51. The molecule has 0 aliphatic carbocycles. The number of alkyl halides is 1. The van der Waals surface area contributed by atoms with Gasteiger partial charge in [0.25, 0.3) is 5.69 Å². The average molecular weight is 400 g/mol. The highest BCUT2D eigenvalue weighted by Crippen LogP contribution is 2.30. The van der Waals surface area contributed by atoms with Crippen molar-refractivity contribution in [2.24, 2.45) is 0 Å². The van der Waals surface area contributed by atoms with E-state index in [9.17, 15) is 14.9 Å². The number of ketones is 1. The molecule has 0 amide bonds. The van der Waals surface area contributed by atoms with Gasteiger partial charge in [-0.2, -0.15) is 0 Å². The van der Waals surface area contributed by atoms with Crippen LogP contribution in [0.1, 0.15) is 10.4 Å². The monoisotopic (exact) mass is 399 g/mol. The van der Waals surface area contributed by atoms with Crippen molar-refractivity contribution in [1.29, 1.82) is 0 Å². The summed E-state index contributed by atoms with van der Waals surface area (Å²) in [5.74, 6) is 0.0608. The van der Waals surface area contributed by atoms with E-state index in [4.69, 9.17) is 4.74 Å². The molecule has 0 aromatic heterocycles. The molecule has 5 nitrogen and oxygen atoms in total. The summed E-state index contributed by atoms with van der Waals surface area (Å²) in [5.41, 5.74) is -0.145. The summed E-state index contributed by atoms with van der Waals surface area (Å²) < 4.78 is 5.63. The fraction of sp³-hybridized carbons (Fsp3) is 0.222. The topological polar surface area (TPSA) is 69.4 Å². The summed E-state index contributed by atoms with van der Waals surface area (Å²) in [6, 6.07) is 2.72. The van der Waals surface area contributed by atoms with E-state index >= 15 is 0 Å². The van der Waals surface area contributed by atoms with Gasteiger partial charge in [-0.05, 0) is 28.7 Å². The lowest BCUT2D eigenvalue weighted by Crippen LogP contribution is -2.06. The maximum atomic E-state index is 11.5. The molecule has 0 fully saturated rings. The Balaban J connectivity index is 3.42. The number of carbonyl (C=O) groups excluding carboxylic acids is 1. The van der Waals surface area contributed by atoms with Gasteiger partial charge in [0.05, 0.1) is 32.6 Å². The lowest BCUT2D eigenvalue weighted by Gasteiger charge is -2.06. The molecule has 0 unspecified atom stereocenters. The standard InChI is InChI=1S/C9H7BrINO4/c1-16-9-3-7(12(14)15)5(2-6(9)11)8(13)4-10/h2-3H,4H2,1H3. The lowest BCUT2D eigenvalue weighted by molar-refractivity contribution is -0.385. The van der Waals surface area contributed by atoms with Gasteiger partial charge in [0.15, 0.2) is 5.78 Å². The van der Waals surface area contributed by atoms with Crippen molar-refractivity contribution < 1.29 is 14.5 Å². The molecule has 16 heavy (non-hydrogen) atoms. The summed E-state index contributed by atoms with van der Waals surface area (Å²) in [5, 5.41) is 10.9. The highest BCUT2D eigenvalue weighted by atomic mass is 127. The second kappa shape index (κ2) is 5.58. The molecule has 86 valence electrons.